The van der Waals surface area contributed by atoms with E-state index in [1.54, 1.807) is 13.1 Å². The molecule has 1 unspecified atom stereocenters. The van der Waals surface area contributed by atoms with E-state index in [0.717, 1.165) is 6.42 Å². The van der Waals surface area contributed by atoms with E-state index in [4.69, 9.17) is 16.9 Å². The molecule has 1 aliphatic heterocycles. The molecular formula is C14H17ClN4O2. The third kappa shape index (κ3) is 3.63. The average Bonchev–Trinajstić information content (AvgIpc) is 2.46. The minimum absolute atomic E-state index is 0.0495. The molecule has 0 radical (unpaired) electrons. The average molecular weight is 309 g/mol. The second kappa shape index (κ2) is 6.29. The van der Waals surface area contributed by atoms with E-state index in [1.165, 1.54) is 6.20 Å². The molecule has 0 saturated carbocycles. The number of nitrogens with one attached hydrogen (secondary N) is 1. The van der Waals surface area contributed by atoms with E-state index in [9.17, 15) is 9.90 Å². The van der Waals surface area contributed by atoms with Crippen LogP contribution in [0.1, 0.15) is 24.8 Å². The zero-order valence-electron chi connectivity index (χ0n) is 11.8. The second-order valence-corrected chi connectivity index (χ2v) is 5.65. The number of carbonyl (C=O) groups excluding carboxylic acids is 1. The maximum Gasteiger partial charge on any atom is 0.222 e. The fourth-order valence-electron chi connectivity index (χ4n) is 2.55. The van der Waals surface area contributed by atoms with Crippen molar-refractivity contribution in [3.8, 4) is 6.07 Å². The number of hydrogen-bond acceptors (Lipinski definition) is 5. The Morgan fingerprint density at radius 2 is 2.48 bits per heavy atom. The van der Waals surface area contributed by atoms with Crippen LogP contribution in [-0.2, 0) is 4.79 Å². The second-order valence-electron chi connectivity index (χ2n) is 5.24. The number of amides is 1. The number of nitrogens with zero attached hydrogens (tertiary/aromatic N) is 3. The summed E-state index contributed by atoms with van der Waals surface area (Å²) >= 11 is 6.15. The quantitative estimate of drug-likeness (QED) is 0.872. The summed E-state index contributed by atoms with van der Waals surface area (Å²) in [5.41, 5.74) is -0.696. The molecule has 21 heavy (non-hydrogen) atoms. The lowest BCUT2D eigenvalue weighted by Gasteiger charge is -2.39. The van der Waals surface area contributed by atoms with Gasteiger partial charge in [0.15, 0.2) is 0 Å². The molecule has 0 aliphatic carbocycles. The van der Waals surface area contributed by atoms with E-state index in [2.05, 4.69) is 10.3 Å². The molecule has 2 heterocycles. The highest BCUT2D eigenvalue weighted by molar-refractivity contribution is 6.33. The van der Waals surface area contributed by atoms with Crippen LogP contribution in [-0.4, -0.2) is 41.7 Å². The maximum atomic E-state index is 11.5. The zero-order valence-corrected chi connectivity index (χ0v) is 12.5. The van der Waals surface area contributed by atoms with Gasteiger partial charge in [0.25, 0.3) is 0 Å². The number of pyridine rings is 1. The van der Waals surface area contributed by atoms with Crippen molar-refractivity contribution in [2.45, 2.75) is 24.9 Å². The van der Waals surface area contributed by atoms with E-state index < -0.39 is 5.60 Å². The van der Waals surface area contributed by atoms with Gasteiger partial charge in [0.2, 0.25) is 5.91 Å². The summed E-state index contributed by atoms with van der Waals surface area (Å²) < 4.78 is 0. The summed E-state index contributed by atoms with van der Waals surface area (Å²) in [4.78, 5) is 17.6. The SMILES string of the molecule is CNC(=O)CC1(O)CCCN(c2ncc(C#N)cc2Cl)C1. The molecule has 1 aromatic rings. The summed E-state index contributed by atoms with van der Waals surface area (Å²) in [7, 11) is 1.55. The monoisotopic (exact) mass is 308 g/mol. The molecule has 1 aliphatic rings. The number of halogens is 1. The van der Waals surface area contributed by atoms with Crippen molar-refractivity contribution in [1.82, 2.24) is 10.3 Å². The van der Waals surface area contributed by atoms with Crippen LogP contribution >= 0.6 is 11.6 Å². The van der Waals surface area contributed by atoms with Gasteiger partial charge in [-0.2, -0.15) is 5.26 Å². The Balaban J connectivity index is 2.18. The van der Waals surface area contributed by atoms with Gasteiger partial charge in [-0.25, -0.2) is 4.98 Å². The lowest BCUT2D eigenvalue weighted by molar-refractivity contribution is -0.125. The fourth-order valence-corrected chi connectivity index (χ4v) is 2.84. The number of rotatable bonds is 3. The first-order valence-electron chi connectivity index (χ1n) is 6.71. The van der Waals surface area contributed by atoms with Gasteiger partial charge in [-0.05, 0) is 18.9 Å². The maximum absolute atomic E-state index is 11.5. The van der Waals surface area contributed by atoms with Crippen molar-refractivity contribution in [3.63, 3.8) is 0 Å². The molecule has 6 nitrogen and oxygen atoms in total. The molecule has 2 N–H and O–H groups in total. The summed E-state index contributed by atoms with van der Waals surface area (Å²) in [6.07, 6.45) is 2.80. The Kier molecular flexibility index (Phi) is 4.66. The Labute approximate surface area is 128 Å². The largest absolute Gasteiger partial charge is 0.388 e. The van der Waals surface area contributed by atoms with Gasteiger partial charge in [-0.3, -0.25) is 4.79 Å². The third-order valence-electron chi connectivity index (χ3n) is 3.57. The number of carbonyl (C=O) groups is 1. The van der Waals surface area contributed by atoms with Gasteiger partial charge in [-0.1, -0.05) is 11.6 Å². The van der Waals surface area contributed by atoms with Crippen LogP contribution in [0.15, 0.2) is 12.3 Å². The summed E-state index contributed by atoms with van der Waals surface area (Å²) in [5.74, 6) is 0.337. The predicted octanol–water partition coefficient (Wildman–Crippen LogP) is 1.07. The number of anilines is 1. The van der Waals surface area contributed by atoms with Crippen LogP contribution in [0.25, 0.3) is 0 Å². The number of piperidine rings is 1. The van der Waals surface area contributed by atoms with E-state index in [-0.39, 0.29) is 12.3 Å². The van der Waals surface area contributed by atoms with Crippen LogP contribution in [0.3, 0.4) is 0 Å². The van der Waals surface area contributed by atoms with Gasteiger partial charge in [0.1, 0.15) is 11.9 Å². The van der Waals surface area contributed by atoms with Crippen LogP contribution in [0.5, 0.6) is 0 Å². The van der Waals surface area contributed by atoms with Gasteiger partial charge in [-0.15, -0.1) is 0 Å². The number of β-amino-alcohol motifs (C(OH)–C–C–N with tert-alkyl or cyclic N) is 1. The molecule has 7 heteroatoms. The number of aromatic nitrogens is 1. The normalized spacial score (nSPS) is 21.7. The van der Waals surface area contributed by atoms with Gasteiger partial charge >= 0.3 is 0 Å². The topological polar surface area (TPSA) is 89.2 Å². The molecule has 0 spiro atoms. The lowest BCUT2D eigenvalue weighted by atomic mass is 9.89. The number of nitriles is 1. The minimum Gasteiger partial charge on any atom is -0.388 e. The van der Waals surface area contributed by atoms with Gasteiger partial charge in [0, 0.05) is 26.3 Å². The first-order valence-corrected chi connectivity index (χ1v) is 7.09. The molecule has 0 bridgehead atoms. The summed E-state index contributed by atoms with van der Waals surface area (Å²) in [6, 6.07) is 3.53. The molecule has 1 fully saturated rings. The smallest absolute Gasteiger partial charge is 0.222 e. The number of aliphatic hydroxyl groups is 1. The Hall–Kier alpha value is -1.84. The van der Waals surface area contributed by atoms with Crippen LogP contribution in [0.4, 0.5) is 5.82 Å². The fraction of sp³-hybridized carbons (Fsp3) is 0.500. The van der Waals surface area contributed by atoms with Crippen molar-refractivity contribution in [2.24, 2.45) is 0 Å². The molecule has 112 valence electrons. The van der Waals surface area contributed by atoms with E-state index in [1.807, 2.05) is 11.0 Å². The molecule has 2 rings (SSSR count). The van der Waals surface area contributed by atoms with Crippen molar-refractivity contribution >= 4 is 23.3 Å². The molecule has 1 saturated heterocycles. The van der Waals surface area contributed by atoms with Gasteiger partial charge in [0.05, 0.1) is 22.6 Å². The lowest BCUT2D eigenvalue weighted by Crippen LogP contribution is -2.50. The first-order chi connectivity index (χ1) is 9.97. The van der Waals surface area contributed by atoms with Crippen molar-refractivity contribution in [1.29, 1.82) is 5.26 Å². The highest BCUT2D eigenvalue weighted by Gasteiger charge is 2.36. The van der Waals surface area contributed by atoms with Crippen LogP contribution < -0.4 is 10.2 Å². The Bertz CT molecular complexity index is 587. The van der Waals surface area contributed by atoms with Crippen molar-refractivity contribution < 1.29 is 9.90 Å². The highest BCUT2D eigenvalue weighted by Crippen LogP contribution is 2.31. The predicted molar refractivity (Wildman–Crippen MR) is 79.0 cm³/mol. The molecular weight excluding hydrogens is 292 g/mol. The van der Waals surface area contributed by atoms with Crippen molar-refractivity contribution in [3.05, 3.63) is 22.8 Å². The van der Waals surface area contributed by atoms with E-state index in [0.29, 0.717) is 35.9 Å². The minimum atomic E-state index is -1.09. The zero-order chi connectivity index (χ0) is 15.5. The standard InChI is InChI=1S/C14H17ClN4O2/c1-17-12(20)6-14(21)3-2-4-19(9-14)13-11(15)5-10(7-16)8-18-13/h5,8,21H,2-4,6,9H2,1H3,(H,17,20). The van der Waals surface area contributed by atoms with Crippen LogP contribution in [0, 0.1) is 11.3 Å². The van der Waals surface area contributed by atoms with Crippen molar-refractivity contribution in [2.75, 3.05) is 25.0 Å². The third-order valence-corrected chi connectivity index (χ3v) is 3.85. The molecule has 1 atom stereocenters. The van der Waals surface area contributed by atoms with E-state index >= 15 is 0 Å². The Morgan fingerprint density at radius 3 is 3.10 bits per heavy atom. The highest BCUT2D eigenvalue weighted by atomic mass is 35.5. The van der Waals surface area contributed by atoms with Gasteiger partial charge < -0.3 is 15.3 Å². The first kappa shape index (κ1) is 15.5. The summed E-state index contributed by atoms with van der Waals surface area (Å²) in [6.45, 7) is 0.994. The summed E-state index contributed by atoms with van der Waals surface area (Å²) in [5, 5.41) is 22.3. The molecule has 1 aromatic heterocycles. The molecule has 1 amide bonds. The Morgan fingerprint density at radius 1 is 1.71 bits per heavy atom. The molecule has 0 aromatic carbocycles. The number of hydrogen-bond donors (Lipinski definition) is 2. The van der Waals surface area contributed by atoms with Crippen LogP contribution in [0.2, 0.25) is 5.02 Å².